The van der Waals surface area contributed by atoms with Crippen LogP contribution in [0, 0.1) is 5.92 Å². The molecular formula is C25H28Cl3N4O2-. The number of aromatic nitrogens is 2. The standard InChI is InChI=1S/C25H28Cl2N4O2.ClH/c1-14(32)18-12-28-22-9-8-21(16-10-19(26)25(33)20(27)11-16)30-24(22)23(18)29-17-6-4-15(5-7-17)13-31(2)3;/h8-12,15,17,33H,4-7,13H2,1-3H3,(H,28,29);1H/p-1. The van der Waals surface area contributed by atoms with Gasteiger partial charge in [0.1, 0.15) is 5.52 Å². The first-order valence-corrected chi connectivity index (χ1v) is 11.9. The number of phenolic OH excluding ortho intramolecular Hbond substituents is 1. The van der Waals surface area contributed by atoms with Gasteiger partial charge in [-0.2, -0.15) is 0 Å². The minimum absolute atomic E-state index is 0. The number of benzene rings is 1. The highest BCUT2D eigenvalue weighted by molar-refractivity contribution is 6.37. The number of carbonyl (C=O) groups excluding carboxylic acids is 1. The Morgan fingerprint density at radius 2 is 1.79 bits per heavy atom. The van der Waals surface area contributed by atoms with Gasteiger partial charge in [-0.05, 0) is 76.9 Å². The second-order valence-corrected chi connectivity index (χ2v) is 9.89. The van der Waals surface area contributed by atoms with Gasteiger partial charge in [0.15, 0.2) is 11.5 Å². The van der Waals surface area contributed by atoms with Crippen molar-refractivity contribution in [1.82, 2.24) is 14.9 Å². The van der Waals surface area contributed by atoms with Gasteiger partial charge in [0.2, 0.25) is 0 Å². The van der Waals surface area contributed by atoms with E-state index in [1.165, 1.54) is 0 Å². The number of aromatic hydroxyl groups is 1. The summed E-state index contributed by atoms with van der Waals surface area (Å²) in [6.07, 6.45) is 6.01. The smallest absolute Gasteiger partial charge is 0.163 e. The van der Waals surface area contributed by atoms with E-state index in [0.29, 0.717) is 33.8 Å². The average molecular weight is 523 g/mol. The van der Waals surface area contributed by atoms with Gasteiger partial charge in [0, 0.05) is 24.3 Å². The lowest BCUT2D eigenvalue weighted by atomic mass is 9.85. The second kappa shape index (κ2) is 11.1. The van der Waals surface area contributed by atoms with Crippen LogP contribution >= 0.6 is 23.2 Å². The summed E-state index contributed by atoms with van der Waals surface area (Å²) in [7, 11) is 4.23. The molecule has 1 saturated carbocycles. The SMILES string of the molecule is CC(=O)c1cnc2ccc(-c3cc(Cl)c(O)c(Cl)c3)nc2c1NC1CCC(CN(C)C)CC1.[Cl-]. The van der Waals surface area contributed by atoms with Crippen LogP contribution in [0.3, 0.4) is 0 Å². The Kier molecular flexibility index (Phi) is 8.63. The number of hydrogen-bond donors (Lipinski definition) is 2. The molecule has 2 N–H and O–H groups in total. The number of hydrogen-bond acceptors (Lipinski definition) is 6. The van der Waals surface area contributed by atoms with E-state index in [4.69, 9.17) is 28.2 Å². The summed E-state index contributed by atoms with van der Waals surface area (Å²) in [6.45, 7) is 2.65. The van der Waals surface area contributed by atoms with Crippen LogP contribution < -0.4 is 17.7 Å². The highest BCUT2D eigenvalue weighted by atomic mass is 35.5. The van der Waals surface area contributed by atoms with Crippen LogP contribution in [0.2, 0.25) is 10.0 Å². The molecule has 0 spiro atoms. The van der Waals surface area contributed by atoms with Crippen molar-refractivity contribution in [2.45, 2.75) is 38.6 Å². The molecule has 0 radical (unpaired) electrons. The Bertz CT molecular complexity index is 1170. The molecule has 0 amide bonds. The van der Waals surface area contributed by atoms with Gasteiger partial charge in [0.05, 0.1) is 32.5 Å². The Labute approximate surface area is 216 Å². The van der Waals surface area contributed by atoms with E-state index in [1.807, 2.05) is 12.1 Å². The number of ketones is 1. The molecule has 1 aliphatic carbocycles. The van der Waals surface area contributed by atoms with Crippen molar-refractivity contribution >= 4 is 45.7 Å². The van der Waals surface area contributed by atoms with Gasteiger partial charge in [0.25, 0.3) is 0 Å². The zero-order valence-corrected chi connectivity index (χ0v) is 21.7. The number of pyridine rings is 2. The largest absolute Gasteiger partial charge is 1.00 e. The highest BCUT2D eigenvalue weighted by Gasteiger charge is 2.24. The van der Waals surface area contributed by atoms with E-state index in [0.717, 1.165) is 37.9 Å². The van der Waals surface area contributed by atoms with E-state index in [1.54, 1.807) is 25.3 Å². The molecule has 0 atom stereocenters. The fourth-order valence-electron chi connectivity index (χ4n) is 4.56. The van der Waals surface area contributed by atoms with Crippen molar-refractivity contribution in [3.05, 3.63) is 46.1 Å². The summed E-state index contributed by atoms with van der Waals surface area (Å²) in [5.74, 6) is 0.486. The number of Topliss-reactive ketones (excluding diaryl/α,β-unsaturated/α-hetero) is 1. The van der Waals surface area contributed by atoms with Crippen molar-refractivity contribution in [3.8, 4) is 17.0 Å². The monoisotopic (exact) mass is 521 g/mol. The molecular weight excluding hydrogens is 495 g/mol. The van der Waals surface area contributed by atoms with Gasteiger partial charge in [-0.25, -0.2) is 4.98 Å². The van der Waals surface area contributed by atoms with E-state index in [-0.39, 0.29) is 40.0 Å². The van der Waals surface area contributed by atoms with Crippen LogP contribution in [0.15, 0.2) is 30.5 Å². The van der Waals surface area contributed by atoms with Gasteiger partial charge >= 0.3 is 0 Å². The Hall–Kier alpha value is -2.12. The molecule has 2 heterocycles. The fraction of sp³-hybridized carbons (Fsp3) is 0.400. The first-order chi connectivity index (χ1) is 15.7. The zero-order valence-electron chi connectivity index (χ0n) is 19.4. The predicted octanol–water partition coefficient (Wildman–Crippen LogP) is 3.05. The molecule has 1 aliphatic rings. The number of phenols is 1. The van der Waals surface area contributed by atoms with Crippen molar-refractivity contribution in [2.24, 2.45) is 5.92 Å². The van der Waals surface area contributed by atoms with E-state index in [9.17, 15) is 9.90 Å². The molecule has 0 bridgehead atoms. The average Bonchev–Trinajstić information content (AvgIpc) is 2.77. The number of anilines is 1. The quantitative estimate of drug-likeness (QED) is 0.485. The summed E-state index contributed by atoms with van der Waals surface area (Å²) >= 11 is 12.2. The van der Waals surface area contributed by atoms with Crippen LogP contribution in [0.5, 0.6) is 5.75 Å². The number of fused-ring (bicyclic) bond motifs is 1. The molecule has 3 aromatic rings. The minimum Gasteiger partial charge on any atom is -1.00 e. The second-order valence-electron chi connectivity index (χ2n) is 9.08. The normalized spacial score (nSPS) is 18.1. The van der Waals surface area contributed by atoms with Crippen molar-refractivity contribution in [3.63, 3.8) is 0 Å². The van der Waals surface area contributed by atoms with Crippen LogP contribution in [0.25, 0.3) is 22.3 Å². The topological polar surface area (TPSA) is 78.3 Å². The molecule has 0 aliphatic heterocycles. The number of halogens is 3. The summed E-state index contributed by atoms with van der Waals surface area (Å²) < 4.78 is 0. The van der Waals surface area contributed by atoms with Crippen LogP contribution in [-0.4, -0.2) is 52.4 Å². The fourth-order valence-corrected chi connectivity index (χ4v) is 5.05. The third-order valence-electron chi connectivity index (χ3n) is 6.22. The van der Waals surface area contributed by atoms with Gasteiger partial charge in [-0.1, -0.05) is 23.2 Å². The van der Waals surface area contributed by atoms with Gasteiger partial charge < -0.3 is 27.7 Å². The molecule has 4 rings (SSSR count). The molecule has 0 saturated heterocycles. The van der Waals surface area contributed by atoms with Crippen LogP contribution in [0.1, 0.15) is 43.0 Å². The zero-order chi connectivity index (χ0) is 23.7. The third kappa shape index (κ3) is 5.74. The van der Waals surface area contributed by atoms with Crippen molar-refractivity contribution < 1.29 is 22.3 Å². The summed E-state index contributed by atoms with van der Waals surface area (Å²) in [5, 5.41) is 13.8. The molecule has 182 valence electrons. The maximum Gasteiger partial charge on any atom is 0.163 e. The van der Waals surface area contributed by atoms with Crippen LogP contribution in [0.4, 0.5) is 5.69 Å². The molecule has 1 aromatic carbocycles. The maximum absolute atomic E-state index is 12.4. The third-order valence-corrected chi connectivity index (χ3v) is 6.80. The number of nitrogens with zero attached hydrogens (tertiary/aromatic N) is 3. The molecule has 1 fully saturated rings. The molecule has 6 nitrogen and oxygen atoms in total. The Balaban J connectivity index is 0.00000324. The van der Waals surface area contributed by atoms with Gasteiger partial charge in [-0.15, -0.1) is 0 Å². The minimum atomic E-state index is -0.157. The van der Waals surface area contributed by atoms with E-state index in [2.05, 4.69) is 29.3 Å². The summed E-state index contributed by atoms with van der Waals surface area (Å²) in [5.41, 5.74) is 3.89. The lowest BCUT2D eigenvalue weighted by Gasteiger charge is -2.31. The number of carbonyl (C=O) groups is 1. The summed E-state index contributed by atoms with van der Waals surface area (Å²) in [6, 6.07) is 7.22. The number of nitrogens with one attached hydrogen (secondary N) is 1. The van der Waals surface area contributed by atoms with E-state index < -0.39 is 0 Å². The highest BCUT2D eigenvalue weighted by Crippen LogP contribution is 2.37. The Morgan fingerprint density at radius 1 is 1.15 bits per heavy atom. The van der Waals surface area contributed by atoms with Gasteiger partial charge in [-0.3, -0.25) is 9.78 Å². The first-order valence-electron chi connectivity index (χ1n) is 11.1. The lowest BCUT2D eigenvalue weighted by molar-refractivity contribution is -0.0000157. The van der Waals surface area contributed by atoms with Crippen LogP contribution in [-0.2, 0) is 0 Å². The van der Waals surface area contributed by atoms with Crippen molar-refractivity contribution in [2.75, 3.05) is 26.0 Å². The summed E-state index contributed by atoms with van der Waals surface area (Å²) in [4.78, 5) is 24.0. The molecule has 2 aromatic heterocycles. The lowest BCUT2D eigenvalue weighted by Crippen LogP contribution is -3.00. The van der Waals surface area contributed by atoms with Crippen molar-refractivity contribution in [1.29, 1.82) is 0 Å². The Morgan fingerprint density at radius 3 is 2.38 bits per heavy atom. The maximum atomic E-state index is 12.4. The molecule has 0 unspecified atom stereocenters. The first kappa shape index (κ1) is 26.5. The predicted molar refractivity (Wildman–Crippen MR) is 135 cm³/mol. The number of rotatable bonds is 6. The molecule has 9 heteroatoms. The molecule has 34 heavy (non-hydrogen) atoms. The van der Waals surface area contributed by atoms with E-state index >= 15 is 0 Å².